The van der Waals surface area contributed by atoms with Crippen LogP contribution in [0, 0.1) is 26.6 Å². The number of amides is 1. The molecule has 0 saturated carbocycles. The summed E-state index contributed by atoms with van der Waals surface area (Å²) in [7, 11) is 0. The van der Waals surface area contributed by atoms with Crippen LogP contribution in [0.15, 0.2) is 88.8 Å². The number of hydrogen-bond donors (Lipinski definition) is 2. The molecule has 0 spiro atoms. The largest absolute Gasteiger partial charge is 0.481 e. The van der Waals surface area contributed by atoms with Crippen LogP contribution in [-0.2, 0) is 42.0 Å². The number of aromatic nitrogens is 4. The van der Waals surface area contributed by atoms with E-state index in [2.05, 4.69) is 110 Å². The van der Waals surface area contributed by atoms with Crippen LogP contribution in [0.4, 0.5) is 4.39 Å². The van der Waals surface area contributed by atoms with Crippen molar-refractivity contribution in [3.8, 4) is 27.3 Å². The van der Waals surface area contributed by atoms with Gasteiger partial charge in [0.25, 0.3) is 5.91 Å². The van der Waals surface area contributed by atoms with Crippen molar-refractivity contribution in [3.05, 3.63) is 124 Å². The molecule has 13 heteroatoms. The number of morpholine rings is 1. The van der Waals surface area contributed by atoms with Crippen LogP contribution in [0.25, 0.3) is 54.4 Å². The van der Waals surface area contributed by atoms with Crippen molar-refractivity contribution in [3.63, 3.8) is 0 Å². The Morgan fingerprint density at radius 2 is 1.67 bits per heavy atom. The van der Waals surface area contributed by atoms with Gasteiger partial charge in [0.1, 0.15) is 11.6 Å². The molecule has 0 bridgehead atoms. The predicted octanol–water partition coefficient (Wildman–Crippen LogP) is 9.01. The van der Waals surface area contributed by atoms with Gasteiger partial charge in [-0.2, -0.15) is 0 Å². The molecular formula is C50H54FN7O4S. The highest BCUT2D eigenvalue weighted by molar-refractivity contribution is 7.13. The maximum atomic E-state index is 15.3. The lowest BCUT2D eigenvalue weighted by atomic mass is 10.0. The van der Waals surface area contributed by atoms with Crippen LogP contribution >= 0.6 is 11.3 Å². The van der Waals surface area contributed by atoms with Crippen molar-refractivity contribution < 1.29 is 23.2 Å². The first kappa shape index (κ1) is 42.4. The summed E-state index contributed by atoms with van der Waals surface area (Å²) in [5, 5.41) is 15.2. The molecule has 1 saturated heterocycles. The van der Waals surface area contributed by atoms with Gasteiger partial charge in [-0.25, -0.2) is 9.37 Å². The summed E-state index contributed by atoms with van der Waals surface area (Å²) in [6, 6.07) is 27.0. The molecule has 0 atom stereocenters. The highest BCUT2D eigenvalue weighted by Crippen LogP contribution is 2.35. The van der Waals surface area contributed by atoms with Gasteiger partial charge in [0.15, 0.2) is 18.2 Å². The maximum Gasteiger partial charge on any atom is 0.257 e. The summed E-state index contributed by atoms with van der Waals surface area (Å²) in [5.74, 6) is 0.970. The number of benzene rings is 4. The number of thiophene rings is 1. The van der Waals surface area contributed by atoms with Gasteiger partial charge >= 0.3 is 0 Å². The first-order valence-electron chi connectivity index (χ1n) is 21.9. The van der Waals surface area contributed by atoms with E-state index in [0.29, 0.717) is 32.5 Å². The molecule has 5 heterocycles. The minimum Gasteiger partial charge on any atom is -0.481 e. The monoisotopic (exact) mass is 867 g/mol. The van der Waals surface area contributed by atoms with Crippen LogP contribution in [0.3, 0.4) is 0 Å². The molecule has 0 aliphatic carbocycles. The topological polar surface area (TPSA) is 112 Å². The SMILES string of the molecule is CCn1c2ccc(CNCCNC(=O)COc3ccc(CCc4nc5cc(-c6c(C)noc6C)ccc5n4CCN4CCOCC4)cc3F)cc2c2ccc(-c3cc(C)cs3)cc21. The fourth-order valence-corrected chi connectivity index (χ4v) is 9.76. The van der Waals surface area contributed by atoms with Gasteiger partial charge in [-0.05, 0) is 116 Å². The van der Waals surface area contributed by atoms with Crippen LogP contribution in [0.2, 0.25) is 0 Å². The Hall–Kier alpha value is -5.86. The highest BCUT2D eigenvalue weighted by atomic mass is 32.1. The highest BCUT2D eigenvalue weighted by Gasteiger charge is 2.19. The van der Waals surface area contributed by atoms with E-state index in [1.54, 1.807) is 17.4 Å². The number of hydrogen-bond acceptors (Lipinski definition) is 9. The van der Waals surface area contributed by atoms with Crippen LogP contribution < -0.4 is 15.4 Å². The molecule has 0 radical (unpaired) electrons. The second-order valence-corrected chi connectivity index (χ2v) is 17.3. The molecule has 1 aliphatic heterocycles. The fourth-order valence-electron chi connectivity index (χ4n) is 8.86. The molecule has 1 fully saturated rings. The Balaban J connectivity index is 0.768. The number of imidazole rings is 1. The summed E-state index contributed by atoms with van der Waals surface area (Å²) >= 11 is 1.78. The standard InChI is InChI=1S/C50H54FN7O4S/c1-5-57-43-12-6-36(25-40(43)39-11-9-37(28-45(39)57)47-24-32(2)31-63-47)29-52-16-17-53-49(59)30-61-46-14-7-35(26-41(46)51)8-15-48-54-42-27-38(50-33(3)55-62-34(50)4)10-13-44(42)58(48)19-18-56-20-22-60-23-21-56/h6-7,9-14,24-28,31,52H,5,8,15-23,29-30H2,1-4H3,(H,53,59). The fraction of sp³-hybridized carbons (Fsp3) is 0.340. The molecule has 1 aliphatic rings. The third-order valence-corrected chi connectivity index (χ3v) is 13.2. The zero-order chi connectivity index (χ0) is 43.5. The Bertz CT molecular complexity index is 2890. The van der Waals surface area contributed by atoms with Crippen molar-refractivity contribution in [1.29, 1.82) is 0 Å². The quantitative estimate of drug-likeness (QED) is 0.0874. The van der Waals surface area contributed by atoms with Gasteiger partial charge in [-0.15, -0.1) is 11.3 Å². The molecule has 1 amide bonds. The minimum atomic E-state index is -0.496. The summed E-state index contributed by atoms with van der Waals surface area (Å²) in [6.45, 7) is 15.5. The van der Waals surface area contributed by atoms with E-state index < -0.39 is 5.82 Å². The molecule has 4 aromatic carbocycles. The van der Waals surface area contributed by atoms with E-state index in [0.717, 1.165) is 90.9 Å². The van der Waals surface area contributed by atoms with E-state index in [-0.39, 0.29) is 18.3 Å². The molecule has 63 heavy (non-hydrogen) atoms. The molecule has 4 aromatic heterocycles. The number of ether oxygens (including phenoxy) is 2. The van der Waals surface area contributed by atoms with Crippen molar-refractivity contribution in [1.82, 2.24) is 34.8 Å². The van der Waals surface area contributed by atoms with Crippen LogP contribution in [0.1, 0.15) is 40.9 Å². The van der Waals surface area contributed by atoms with E-state index in [1.165, 1.54) is 49.4 Å². The van der Waals surface area contributed by atoms with Gasteiger partial charge in [0.05, 0.1) is 29.9 Å². The zero-order valence-corrected chi connectivity index (χ0v) is 37.2. The number of carbonyl (C=O) groups is 1. The molecule has 0 unspecified atom stereocenters. The Labute approximate surface area is 370 Å². The molecule has 2 N–H and O–H groups in total. The number of rotatable bonds is 17. The lowest BCUT2D eigenvalue weighted by Gasteiger charge is -2.27. The van der Waals surface area contributed by atoms with Crippen molar-refractivity contribution in [2.75, 3.05) is 52.5 Å². The minimum absolute atomic E-state index is 0.0503. The Morgan fingerprint density at radius 1 is 0.841 bits per heavy atom. The van der Waals surface area contributed by atoms with Gasteiger partial charge in [-0.3, -0.25) is 9.69 Å². The van der Waals surface area contributed by atoms with Gasteiger partial charge in [0.2, 0.25) is 0 Å². The Kier molecular flexibility index (Phi) is 12.7. The molecule has 8 aromatic rings. The van der Waals surface area contributed by atoms with E-state index >= 15 is 4.39 Å². The normalized spacial score (nSPS) is 13.5. The number of nitrogens with one attached hydrogen (secondary N) is 2. The average molecular weight is 868 g/mol. The third kappa shape index (κ3) is 9.28. The van der Waals surface area contributed by atoms with E-state index in [4.69, 9.17) is 19.0 Å². The number of halogens is 1. The summed E-state index contributed by atoms with van der Waals surface area (Å²) in [6.07, 6.45) is 1.22. The molecular weight excluding hydrogens is 814 g/mol. The van der Waals surface area contributed by atoms with Crippen molar-refractivity contribution in [2.45, 2.75) is 60.2 Å². The predicted molar refractivity (Wildman–Crippen MR) is 249 cm³/mol. The van der Waals surface area contributed by atoms with E-state index in [9.17, 15) is 4.79 Å². The van der Waals surface area contributed by atoms with Crippen molar-refractivity contribution >= 4 is 50.1 Å². The molecule has 11 nitrogen and oxygen atoms in total. The molecule has 9 rings (SSSR count). The summed E-state index contributed by atoms with van der Waals surface area (Å²) in [5.41, 5.74) is 11.8. The first-order valence-corrected chi connectivity index (χ1v) is 22.8. The Morgan fingerprint density at radius 3 is 2.44 bits per heavy atom. The van der Waals surface area contributed by atoms with Gasteiger partial charge in [-0.1, -0.05) is 35.5 Å². The summed E-state index contributed by atoms with van der Waals surface area (Å²) < 4.78 is 36.6. The van der Waals surface area contributed by atoms with Crippen molar-refractivity contribution in [2.24, 2.45) is 0 Å². The number of fused-ring (bicyclic) bond motifs is 4. The third-order valence-electron chi connectivity index (χ3n) is 12.1. The van der Waals surface area contributed by atoms with Gasteiger partial charge in [0, 0.05) is 91.0 Å². The van der Waals surface area contributed by atoms with Gasteiger partial charge < -0.3 is 33.8 Å². The molecule has 326 valence electrons. The van der Waals surface area contributed by atoms with Crippen LogP contribution in [-0.4, -0.2) is 82.6 Å². The second kappa shape index (κ2) is 18.9. The van der Waals surface area contributed by atoms with E-state index in [1.807, 2.05) is 19.9 Å². The zero-order valence-electron chi connectivity index (χ0n) is 36.4. The number of carbonyl (C=O) groups excluding carboxylic acids is 1. The second-order valence-electron chi connectivity index (χ2n) is 16.4. The smallest absolute Gasteiger partial charge is 0.257 e. The lowest BCUT2D eigenvalue weighted by molar-refractivity contribution is -0.123. The number of nitrogens with zero attached hydrogens (tertiary/aromatic N) is 5. The average Bonchev–Trinajstić information content (AvgIpc) is 4.06. The number of aryl methyl sites for hydroxylation is 6. The summed E-state index contributed by atoms with van der Waals surface area (Å²) in [4.78, 5) is 21.5. The van der Waals surface area contributed by atoms with Crippen LogP contribution in [0.5, 0.6) is 5.75 Å². The maximum absolute atomic E-state index is 15.3. The lowest BCUT2D eigenvalue weighted by Crippen LogP contribution is -2.38. The first-order chi connectivity index (χ1) is 30.7.